The Morgan fingerprint density at radius 1 is 1.06 bits per heavy atom. The number of quaternary nitrogens is 1. The average molecular weight is 484 g/mol. The molecule has 1 saturated heterocycles. The maximum absolute atomic E-state index is 12.5. The molecule has 1 aliphatic heterocycles. The molecule has 0 aromatic heterocycles. The van der Waals surface area contributed by atoms with Crippen LogP contribution < -0.4 is 26.0 Å². The van der Waals surface area contributed by atoms with Crippen LogP contribution in [0.15, 0.2) is 48.5 Å². The molecule has 12 nitrogen and oxygen atoms in total. The number of amides is 2. The van der Waals surface area contributed by atoms with Crippen molar-refractivity contribution in [2.75, 3.05) is 13.2 Å². The van der Waals surface area contributed by atoms with E-state index in [1.54, 1.807) is 0 Å². The summed E-state index contributed by atoms with van der Waals surface area (Å²) in [6, 6.07) is 7.34. The molecular weight excluding hydrogens is 462 g/mol. The van der Waals surface area contributed by atoms with Crippen LogP contribution in [0.25, 0.3) is 0 Å². The van der Waals surface area contributed by atoms with E-state index in [1.807, 2.05) is 0 Å². The second-order valence-electron chi connectivity index (χ2n) is 7.84. The zero-order valence-electron chi connectivity index (χ0n) is 18.3. The molecular formula is C23H22N3O9-. The number of carboxylic acid groups (broad SMARTS) is 2. The van der Waals surface area contributed by atoms with Crippen molar-refractivity contribution in [2.24, 2.45) is 0 Å². The smallest absolute Gasteiger partial charge is 0.293 e. The first-order valence-corrected chi connectivity index (χ1v) is 10.5. The number of hydrogen-bond donors (Lipinski definition) is 3. The van der Waals surface area contributed by atoms with Crippen LogP contribution in [-0.4, -0.2) is 64.8 Å². The molecule has 0 radical (unpaired) electrons. The number of nitrogens with zero attached hydrogens (tertiary/aromatic N) is 1. The molecule has 5 N–H and O–H groups in total. The summed E-state index contributed by atoms with van der Waals surface area (Å²) in [5, 5.41) is 33.9. The van der Waals surface area contributed by atoms with Crippen LogP contribution in [0.5, 0.6) is 11.5 Å². The van der Waals surface area contributed by atoms with Crippen molar-refractivity contribution in [3.63, 3.8) is 0 Å². The third-order valence-electron chi connectivity index (χ3n) is 5.40. The molecule has 1 fully saturated rings. The van der Waals surface area contributed by atoms with E-state index in [4.69, 9.17) is 4.74 Å². The van der Waals surface area contributed by atoms with Gasteiger partial charge in [-0.2, -0.15) is 0 Å². The van der Waals surface area contributed by atoms with Crippen LogP contribution in [0.2, 0.25) is 0 Å². The van der Waals surface area contributed by atoms with Crippen molar-refractivity contribution in [1.29, 1.82) is 0 Å². The van der Waals surface area contributed by atoms with E-state index in [9.17, 15) is 39.3 Å². The molecule has 35 heavy (non-hydrogen) atoms. The average Bonchev–Trinajstić information content (AvgIpc) is 2.83. The van der Waals surface area contributed by atoms with Crippen LogP contribution in [0.4, 0.5) is 0 Å². The summed E-state index contributed by atoms with van der Waals surface area (Å²) < 4.78 is 5.36. The van der Waals surface area contributed by atoms with Crippen molar-refractivity contribution < 1.29 is 49.8 Å². The molecule has 184 valence electrons. The van der Waals surface area contributed by atoms with Gasteiger partial charge in [-0.05, 0) is 42.0 Å². The van der Waals surface area contributed by atoms with E-state index >= 15 is 0 Å². The third kappa shape index (κ3) is 5.92. The number of ether oxygens (including phenoxy) is 1. The minimum absolute atomic E-state index is 0.0277. The van der Waals surface area contributed by atoms with Gasteiger partial charge in [-0.15, -0.1) is 0 Å². The minimum Gasteiger partial charge on any atom is -0.548 e. The number of carbonyl (C=O) groups is 5. The predicted molar refractivity (Wildman–Crippen MR) is 112 cm³/mol. The molecule has 0 aliphatic carbocycles. The summed E-state index contributed by atoms with van der Waals surface area (Å²) in [7, 11) is 0. The quantitative estimate of drug-likeness (QED) is 0.164. The number of hydrogen-bond acceptors (Lipinski definition) is 9. The topological polar surface area (TPSA) is 204 Å². The van der Waals surface area contributed by atoms with Gasteiger partial charge >= 0.3 is 0 Å². The number of Topliss-reactive ketones (excluding diaryl/α,β-unsaturated/α-hetero) is 1. The molecule has 12 heteroatoms. The number of benzene rings is 2. The lowest BCUT2D eigenvalue weighted by Crippen LogP contribution is -2.68. The highest BCUT2D eigenvalue weighted by molar-refractivity contribution is 6.43. The lowest BCUT2D eigenvalue weighted by molar-refractivity contribution is -0.438. The van der Waals surface area contributed by atoms with Crippen molar-refractivity contribution in [3.8, 4) is 11.5 Å². The Morgan fingerprint density at radius 2 is 1.69 bits per heavy atom. The maximum Gasteiger partial charge on any atom is 0.293 e. The van der Waals surface area contributed by atoms with Crippen molar-refractivity contribution in [3.05, 3.63) is 59.7 Å². The van der Waals surface area contributed by atoms with Crippen LogP contribution in [0.1, 0.15) is 28.4 Å². The largest absolute Gasteiger partial charge is 0.548 e. The molecule has 0 bridgehead atoms. The number of phenolic OH excluding ortho intramolecular Hbond substituents is 1. The number of rotatable bonds is 11. The molecule has 3 rings (SSSR count). The number of aromatic hydroxyl groups is 1. The summed E-state index contributed by atoms with van der Waals surface area (Å²) >= 11 is 0. The minimum atomic E-state index is -1.53. The molecule has 1 aliphatic rings. The SMILES string of the molecule is [NH3+][C@H](CCOc1ccc(C(=O)C(=O)N[C@H]2CN([C@@H](C(=O)[O-])c3ccc(O)cc3)C2=O)cc1)C(=O)[O-]. The van der Waals surface area contributed by atoms with Crippen molar-refractivity contribution >= 4 is 29.5 Å². The number of phenols is 1. The molecule has 2 aromatic carbocycles. The first-order chi connectivity index (χ1) is 16.6. The maximum atomic E-state index is 12.5. The van der Waals surface area contributed by atoms with Crippen LogP contribution in [0.3, 0.4) is 0 Å². The fourth-order valence-corrected chi connectivity index (χ4v) is 3.39. The van der Waals surface area contributed by atoms with Gasteiger partial charge in [0, 0.05) is 12.0 Å². The second-order valence-corrected chi connectivity index (χ2v) is 7.84. The first kappa shape index (κ1) is 25.2. The van der Waals surface area contributed by atoms with Crippen LogP contribution in [-0.2, 0) is 19.2 Å². The van der Waals surface area contributed by atoms with E-state index in [1.165, 1.54) is 48.5 Å². The van der Waals surface area contributed by atoms with E-state index in [2.05, 4.69) is 11.1 Å². The standard InChI is InChI=1S/C23H23N3O9/c24-16(22(31)32)9-10-35-15-7-3-13(4-8-15)19(28)20(29)25-17-11-26(21(17)30)18(23(33)34)12-1-5-14(27)6-2-12/h1-8,16-18,27H,9-11,24H2,(H,25,29)(H,31,32)(H,33,34)/p-1/t16-,17+,18-/m1/s1. The molecule has 0 unspecified atom stereocenters. The van der Waals surface area contributed by atoms with Crippen molar-refractivity contribution in [1.82, 2.24) is 10.2 Å². The van der Waals surface area contributed by atoms with Gasteiger partial charge in [0.05, 0.1) is 31.1 Å². The van der Waals surface area contributed by atoms with Gasteiger partial charge in [0.2, 0.25) is 11.7 Å². The monoisotopic (exact) mass is 484 g/mol. The third-order valence-corrected chi connectivity index (χ3v) is 5.40. The molecule has 0 spiro atoms. The number of aliphatic carboxylic acids is 2. The Balaban J connectivity index is 1.54. The van der Waals surface area contributed by atoms with E-state index in [-0.39, 0.29) is 36.4 Å². The number of likely N-dealkylation sites (tertiary alicyclic amines) is 1. The Morgan fingerprint density at radius 3 is 2.23 bits per heavy atom. The highest BCUT2D eigenvalue weighted by atomic mass is 16.5. The number of β-lactam (4-membered cyclic amide) rings is 1. The van der Waals surface area contributed by atoms with Gasteiger partial charge in [-0.3, -0.25) is 14.4 Å². The Labute approximate surface area is 198 Å². The summed E-state index contributed by atoms with van der Waals surface area (Å²) in [6.07, 6.45) is 0.128. The van der Waals surface area contributed by atoms with E-state index in [0.717, 1.165) is 4.90 Å². The van der Waals surface area contributed by atoms with Gasteiger partial charge in [0.1, 0.15) is 23.6 Å². The van der Waals surface area contributed by atoms with Crippen molar-refractivity contribution in [2.45, 2.75) is 24.5 Å². The first-order valence-electron chi connectivity index (χ1n) is 10.5. The Bertz CT molecular complexity index is 1130. The van der Waals surface area contributed by atoms with Gasteiger partial charge in [-0.1, -0.05) is 12.1 Å². The van der Waals surface area contributed by atoms with Crippen LogP contribution >= 0.6 is 0 Å². The molecule has 0 saturated carbocycles. The summed E-state index contributed by atoms with van der Waals surface area (Å²) in [5.74, 6) is -5.20. The molecule has 1 heterocycles. The molecule has 2 amide bonds. The number of carboxylic acids is 2. The normalized spacial score (nSPS) is 16.5. The number of nitrogens with one attached hydrogen (secondary N) is 1. The zero-order chi connectivity index (χ0) is 25.7. The lowest BCUT2D eigenvalue weighted by Gasteiger charge is -2.44. The fourth-order valence-electron chi connectivity index (χ4n) is 3.39. The van der Waals surface area contributed by atoms with E-state index < -0.39 is 47.7 Å². The zero-order valence-corrected chi connectivity index (χ0v) is 18.3. The highest BCUT2D eigenvalue weighted by Gasteiger charge is 2.43. The van der Waals surface area contributed by atoms with Crippen LogP contribution in [0, 0.1) is 0 Å². The molecule has 3 atom stereocenters. The summed E-state index contributed by atoms with van der Waals surface area (Å²) in [4.78, 5) is 60.4. The van der Waals surface area contributed by atoms with E-state index in [0.29, 0.717) is 5.75 Å². The van der Waals surface area contributed by atoms with Gasteiger partial charge in [-0.25, -0.2) is 0 Å². The number of carbonyl (C=O) groups excluding carboxylic acids is 5. The summed E-state index contributed by atoms with van der Waals surface area (Å²) in [5.41, 5.74) is 3.65. The Hall–Kier alpha value is -4.45. The Kier molecular flexibility index (Phi) is 7.66. The van der Waals surface area contributed by atoms with Gasteiger partial charge in [0.15, 0.2) is 0 Å². The number of ketones is 1. The van der Waals surface area contributed by atoms with Gasteiger partial charge in [0.25, 0.3) is 5.91 Å². The fraction of sp³-hybridized carbons (Fsp3) is 0.261. The highest BCUT2D eigenvalue weighted by Crippen LogP contribution is 2.28. The predicted octanol–water partition coefficient (Wildman–Crippen LogP) is -3.48. The summed E-state index contributed by atoms with van der Waals surface area (Å²) in [6.45, 7) is -0.0868. The lowest BCUT2D eigenvalue weighted by atomic mass is 9.98. The molecule has 2 aromatic rings. The second kappa shape index (κ2) is 10.7. The van der Waals surface area contributed by atoms with Gasteiger partial charge < -0.3 is 45.6 Å².